The molecular weight excluding hydrogens is 328 g/mol. The van der Waals surface area contributed by atoms with Crippen molar-refractivity contribution in [3.63, 3.8) is 0 Å². The van der Waals surface area contributed by atoms with Gasteiger partial charge in [-0.05, 0) is 51.7 Å². The molecule has 2 aromatic rings. The highest BCUT2D eigenvalue weighted by Crippen LogP contribution is 2.28. The van der Waals surface area contributed by atoms with Crippen LogP contribution >= 0.6 is 0 Å². The topological polar surface area (TPSA) is 71.3 Å². The number of nitrogens with zero attached hydrogens (tertiary/aromatic N) is 1. The normalized spacial score (nSPS) is 20.7. The number of nitrogens with one attached hydrogen (secondary N) is 1. The molecule has 1 aromatic heterocycles. The zero-order chi connectivity index (χ0) is 18.8. The number of carbonyl (C=O) groups is 2. The molecule has 1 unspecified atom stereocenters. The summed E-state index contributed by atoms with van der Waals surface area (Å²) in [6.45, 7) is 6.11. The number of aromatic nitrogens is 1. The minimum Gasteiger partial charge on any atom is -0.481 e. The molecule has 5 nitrogen and oxygen atoms in total. The Kier molecular flexibility index (Phi) is 5.16. The third-order valence-corrected chi connectivity index (χ3v) is 5.52. The van der Waals surface area contributed by atoms with E-state index in [0.29, 0.717) is 18.4 Å². The van der Waals surface area contributed by atoms with E-state index in [4.69, 9.17) is 5.11 Å². The van der Waals surface area contributed by atoms with Crippen molar-refractivity contribution in [3.8, 4) is 0 Å². The van der Waals surface area contributed by atoms with Gasteiger partial charge in [0, 0.05) is 17.4 Å². The summed E-state index contributed by atoms with van der Waals surface area (Å²) in [5.74, 6) is -1.22. The van der Waals surface area contributed by atoms with E-state index in [0.717, 1.165) is 17.8 Å². The molecule has 1 amide bonds. The number of hydrogen-bond acceptors (Lipinski definition) is 2. The third-order valence-electron chi connectivity index (χ3n) is 5.52. The number of aryl methyl sites for hydroxylation is 1. The number of benzene rings is 1. The number of carbonyl (C=O) groups excluding carboxylic acids is 1. The fourth-order valence-corrected chi connectivity index (χ4v) is 4.08. The summed E-state index contributed by atoms with van der Waals surface area (Å²) < 4.78 is 2.18. The van der Waals surface area contributed by atoms with Crippen LogP contribution in [0.25, 0.3) is 0 Å². The lowest BCUT2D eigenvalue weighted by Crippen LogP contribution is -2.33. The summed E-state index contributed by atoms with van der Waals surface area (Å²) >= 11 is 0. The summed E-state index contributed by atoms with van der Waals surface area (Å²) in [5, 5.41) is 12.1. The number of carboxylic acids is 1. The Hall–Kier alpha value is -2.56. The average Bonchev–Trinajstić information content (AvgIpc) is 3.20. The largest absolute Gasteiger partial charge is 0.481 e. The molecule has 26 heavy (non-hydrogen) atoms. The Balaban J connectivity index is 1.77. The van der Waals surface area contributed by atoms with Gasteiger partial charge in [-0.3, -0.25) is 9.59 Å². The lowest BCUT2D eigenvalue weighted by Gasteiger charge is -2.19. The number of hydrogen-bond donors (Lipinski definition) is 2. The molecule has 0 radical (unpaired) electrons. The summed E-state index contributed by atoms with van der Waals surface area (Å²) in [5.41, 5.74) is 3.84. The summed E-state index contributed by atoms with van der Waals surface area (Å²) in [6, 6.07) is 12.2. The molecule has 0 bridgehead atoms. The van der Waals surface area contributed by atoms with Gasteiger partial charge in [0.2, 0.25) is 0 Å². The van der Waals surface area contributed by atoms with Gasteiger partial charge in [0.25, 0.3) is 5.91 Å². The molecule has 1 aliphatic rings. The van der Waals surface area contributed by atoms with E-state index >= 15 is 0 Å². The number of aliphatic carboxylic acids is 1. The van der Waals surface area contributed by atoms with E-state index < -0.39 is 5.97 Å². The highest BCUT2D eigenvalue weighted by molar-refractivity contribution is 5.96. The van der Waals surface area contributed by atoms with Crippen molar-refractivity contribution >= 4 is 11.9 Å². The maximum absolute atomic E-state index is 12.8. The lowest BCUT2D eigenvalue weighted by atomic mass is 10.1. The maximum Gasteiger partial charge on any atom is 0.306 e. The minimum atomic E-state index is -0.767. The van der Waals surface area contributed by atoms with Crippen molar-refractivity contribution < 1.29 is 14.7 Å². The van der Waals surface area contributed by atoms with Crippen molar-refractivity contribution in [2.24, 2.45) is 5.92 Å². The van der Waals surface area contributed by atoms with Crippen LogP contribution in [-0.2, 0) is 4.79 Å². The van der Waals surface area contributed by atoms with Gasteiger partial charge in [0.15, 0.2) is 0 Å². The van der Waals surface area contributed by atoms with E-state index in [1.807, 2.05) is 38.1 Å². The van der Waals surface area contributed by atoms with E-state index in [2.05, 4.69) is 28.9 Å². The number of amides is 1. The van der Waals surface area contributed by atoms with Crippen LogP contribution in [0.5, 0.6) is 0 Å². The van der Waals surface area contributed by atoms with Gasteiger partial charge < -0.3 is 15.0 Å². The van der Waals surface area contributed by atoms with Crippen molar-refractivity contribution in [2.75, 3.05) is 0 Å². The second-order valence-corrected chi connectivity index (χ2v) is 7.26. The van der Waals surface area contributed by atoms with Crippen LogP contribution in [0.3, 0.4) is 0 Å². The molecule has 0 aliphatic heterocycles. The molecule has 2 N–H and O–H groups in total. The Morgan fingerprint density at radius 3 is 2.50 bits per heavy atom. The molecule has 138 valence electrons. The minimum absolute atomic E-state index is 0.0572. The third kappa shape index (κ3) is 3.52. The molecule has 3 rings (SSSR count). The first kappa shape index (κ1) is 18.2. The van der Waals surface area contributed by atoms with Crippen LogP contribution in [-0.4, -0.2) is 27.6 Å². The summed E-state index contributed by atoms with van der Waals surface area (Å²) in [6.07, 6.45) is 1.87. The first-order valence-corrected chi connectivity index (χ1v) is 9.15. The van der Waals surface area contributed by atoms with Crippen molar-refractivity contribution in [3.05, 3.63) is 58.9 Å². The smallest absolute Gasteiger partial charge is 0.306 e. The Labute approximate surface area is 154 Å². The van der Waals surface area contributed by atoms with Crippen LogP contribution in [0.1, 0.15) is 59.5 Å². The Bertz CT molecular complexity index is 810. The Morgan fingerprint density at radius 1 is 1.19 bits per heavy atom. The van der Waals surface area contributed by atoms with E-state index in [1.54, 1.807) is 0 Å². The molecule has 1 aromatic carbocycles. The monoisotopic (exact) mass is 354 g/mol. The van der Waals surface area contributed by atoms with Crippen LogP contribution in [0, 0.1) is 19.8 Å². The van der Waals surface area contributed by atoms with E-state index in [1.165, 1.54) is 5.56 Å². The second-order valence-electron chi connectivity index (χ2n) is 7.26. The van der Waals surface area contributed by atoms with Crippen LogP contribution in [0.15, 0.2) is 36.4 Å². The van der Waals surface area contributed by atoms with Gasteiger partial charge >= 0.3 is 5.97 Å². The second kappa shape index (κ2) is 7.36. The summed E-state index contributed by atoms with van der Waals surface area (Å²) in [4.78, 5) is 23.8. The van der Waals surface area contributed by atoms with Gasteiger partial charge in [0.05, 0.1) is 17.5 Å². The molecule has 3 atom stereocenters. The highest BCUT2D eigenvalue weighted by atomic mass is 16.4. The standard InChI is InChI=1S/C21H26N2O3/c1-13-11-19(20(24)22-18-10-9-17(12-18)21(25)26)15(3)23(13)14(2)16-7-5-4-6-8-16/h4-8,11,14,17-18H,9-10,12H2,1-3H3,(H,22,24)(H,25,26)/t14?,17-,18+/m0/s1. The molecule has 5 heteroatoms. The molecule has 1 aliphatic carbocycles. The number of carboxylic acid groups (broad SMARTS) is 1. The zero-order valence-corrected chi connectivity index (χ0v) is 15.5. The van der Waals surface area contributed by atoms with E-state index in [9.17, 15) is 9.59 Å². The van der Waals surface area contributed by atoms with Gasteiger partial charge in [0.1, 0.15) is 0 Å². The molecule has 1 saturated carbocycles. The van der Waals surface area contributed by atoms with Crippen molar-refractivity contribution in [2.45, 2.75) is 52.1 Å². The zero-order valence-electron chi connectivity index (χ0n) is 15.5. The molecular formula is C21H26N2O3. The summed E-state index contributed by atoms with van der Waals surface area (Å²) in [7, 11) is 0. The maximum atomic E-state index is 12.8. The molecule has 0 saturated heterocycles. The highest BCUT2D eigenvalue weighted by Gasteiger charge is 2.31. The van der Waals surface area contributed by atoms with Crippen LogP contribution in [0.2, 0.25) is 0 Å². The van der Waals surface area contributed by atoms with Gasteiger partial charge in [-0.2, -0.15) is 0 Å². The predicted molar refractivity (Wildman–Crippen MR) is 100 cm³/mol. The fraction of sp³-hybridized carbons (Fsp3) is 0.429. The fourth-order valence-electron chi connectivity index (χ4n) is 4.08. The van der Waals surface area contributed by atoms with Gasteiger partial charge in [-0.25, -0.2) is 0 Å². The van der Waals surface area contributed by atoms with Crippen LogP contribution in [0.4, 0.5) is 0 Å². The molecule has 1 heterocycles. The van der Waals surface area contributed by atoms with Crippen molar-refractivity contribution in [1.29, 1.82) is 0 Å². The first-order valence-electron chi connectivity index (χ1n) is 9.15. The predicted octanol–water partition coefficient (Wildman–Crippen LogP) is 3.70. The number of rotatable bonds is 5. The first-order chi connectivity index (χ1) is 12.4. The molecule has 1 fully saturated rings. The van der Waals surface area contributed by atoms with Gasteiger partial charge in [-0.1, -0.05) is 30.3 Å². The van der Waals surface area contributed by atoms with E-state index in [-0.39, 0.29) is 23.9 Å². The molecule has 0 spiro atoms. The lowest BCUT2D eigenvalue weighted by molar-refractivity contribution is -0.141. The SMILES string of the molecule is Cc1cc(C(=O)N[C@@H]2CC[C@H](C(=O)O)C2)c(C)n1C(C)c1ccccc1. The van der Waals surface area contributed by atoms with Crippen molar-refractivity contribution in [1.82, 2.24) is 9.88 Å². The Morgan fingerprint density at radius 2 is 1.88 bits per heavy atom. The van der Waals surface area contributed by atoms with Crippen LogP contribution < -0.4 is 5.32 Å². The quantitative estimate of drug-likeness (QED) is 0.860. The van der Waals surface area contributed by atoms with Gasteiger partial charge in [-0.15, -0.1) is 0 Å². The average molecular weight is 354 g/mol.